The molecule has 1 saturated carbocycles. The zero-order chi connectivity index (χ0) is 10.6. The maximum Gasteiger partial charge on any atom is 0.322 e. The molecule has 5 nitrogen and oxygen atoms in total. The molecular weight excluding hydrogens is 186 g/mol. The first-order valence-corrected chi connectivity index (χ1v) is 4.77. The van der Waals surface area contributed by atoms with Gasteiger partial charge in [0.25, 0.3) is 5.91 Å². The van der Waals surface area contributed by atoms with Crippen molar-refractivity contribution in [2.45, 2.75) is 37.7 Å². The lowest BCUT2D eigenvalue weighted by Gasteiger charge is -2.30. The highest BCUT2D eigenvalue weighted by Gasteiger charge is 2.36. The molecule has 14 heavy (non-hydrogen) atoms. The van der Waals surface area contributed by atoms with Crippen LogP contribution in [-0.4, -0.2) is 34.2 Å². The molecular formula is C9H15NO4. The second-order valence-electron chi connectivity index (χ2n) is 3.67. The highest BCUT2D eigenvalue weighted by Crippen LogP contribution is 2.27. The summed E-state index contributed by atoms with van der Waals surface area (Å²) in [6.45, 7) is -0.429. The molecule has 0 heterocycles. The molecule has 0 aliphatic heterocycles. The van der Waals surface area contributed by atoms with E-state index in [-0.39, 0.29) is 0 Å². The van der Waals surface area contributed by atoms with Crippen molar-refractivity contribution in [3.8, 4) is 0 Å². The van der Waals surface area contributed by atoms with Gasteiger partial charge in [-0.15, -0.1) is 0 Å². The molecule has 0 saturated heterocycles. The van der Waals surface area contributed by atoms with Crippen LogP contribution in [0.5, 0.6) is 0 Å². The van der Waals surface area contributed by atoms with Gasteiger partial charge in [0.1, 0.15) is 12.1 Å². The largest absolute Gasteiger partial charge is 0.480 e. The monoisotopic (exact) mass is 201 g/mol. The van der Waals surface area contributed by atoms with Crippen LogP contribution in [0, 0.1) is 0 Å². The first-order chi connectivity index (χ1) is 6.54. The van der Waals surface area contributed by atoms with Gasteiger partial charge in [0.05, 0.1) is 0 Å². The van der Waals surface area contributed by atoms with Crippen molar-refractivity contribution in [3.05, 3.63) is 0 Å². The van der Waals surface area contributed by atoms with Gasteiger partial charge in [-0.05, 0) is 12.8 Å². The topological polar surface area (TPSA) is 86.6 Å². The standard InChI is InChI=1S/C9H15NO4/c11-7(12)6-10-8(13)9(14)4-2-1-3-5-9/h14H,1-6H2,(H,10,13)(H,11,12). The first kappa shape index (κ1) is 11.0. The molecule has 3 N–H and O–H groups in total. The minimum Gasteiger partial charge on any atom is -0.480 e. The number of rotatable bonds is 3. The van der Waals surface area contributed by atoms with Gasteiger partial charge >= 0.3 is 5.97 Å². The van der Waals surface area contributed by atoms with Gasteiger partial charge in [0.15, 0.2) is 0 Å². The Balaban J connectivity index is 2.45. The van der Waals surface area contributed by atoms with Gasteiger partial charge in [-0.25, -0.2) is 0 Å². The van der Waals surface area contributed by atoms with Crippen molar-refractivity contribution >= 4 is 11.9 Å². The van der Waals surface area contributed by atoms with Crippen molar-refractivity contribution in [2.75, 3.05) is 6.54 Å². The van der Waals surface area contributed by atoms with Crippen molar-refractivity contribution in [3.63, 3.8) is 0 Å². The summed E-state index contributed by atoms with van der Waals surface area (Å²) in [5.41, 5.74) is -1.34. The van der Waals surface area contributed by atoms with Crippen LogP contribution in [0.3, 0.4) is 0 Å². The van der Waals surface area contributed by atoms with E-state index in [2.05, 4.69) is 5.32 Å². The molecule has 0 aromatic rings. The van der Waals surface area contributed by atoms with Gasteiger partial charge in [-0.1, -0.05) is 19.3 Å². The predicted molar refractivity (Wildman–Crippen MR) is 48.7 cm³/mol. The van der Waals surface area contributed by atoms with Crippen molar-refractivity contribution < 1.29 is 19.8 Å². The Morgan fingerprint density at radius 3 is 2.29 bits per heavy atom. The summed E-state index contributed by atoms with van der Waals surface area (Å²) in [7, 11) is 0. The van der Waals surface area contributed by atoms with Crippen molar-refractivity contribution in [1.29, 1.82) is 0 Å². The minimum atomic E-state index is -1.34. The molecule has 0 bridgehead atoms. The first-order valence-electron chi connectivity index (χ1n) is 4.77. The lowest BCUT2D eigenvalue weighted by molar-refractivity contribution is -0.146. The lowest BCUT2D eigenvalue weighted by atomic mass is 9.84. The van der Waals surface area contributed by atoms with E-state index in [0.29, 0.717) is 12.8 Å². The maximum absolute atomic E-state index is 11.4. The molecule has 1 fully saturated rings. The van der Waals surface area contributed by atoms with Crippen molar-refractivity contribution in [1.82, 2.24) is 5.32 Å². The van der Waals surface area contributed by atoms with E-state index < -0.39 is 24.0 Å². The fourth-order valence-corrected chi connectivity index (χ4v) is 1.68. The number of nitrogens with one attached hydrogen (secondary N) is 1. The second kappa shape index (κ2) is 4.41. The van der Waals surface area contributed by atoms with Gasteiger partial charge in [0, 0.05) is 0 Å². The highest BCUT2D eigenvalue weighted by molar-refractivity contribution is 5.87. The van der Waals surface area contributed by atoms with Crippen LogP contribution in [0.2, 0.25) is 0 Å². The van der Waals surface area contributed by atoms with Gasteiger partial charge in [-0.2, -0.15) is 0 Å². The number of aliphatic carboxylic acids is 1. The molecule has 0 atom stereocenters. The Bertz CT molecular complexity index is 233. The molecule has 0 unspecified atom stereocenters. The van der Waals surface area contributed by atoms with E-state index in [0.717, 1.165) is 19.3 Å². The minimum absolute atomic E-state index is 0.429. The van der Waals surface area contributed by atoms with Crippen LogP contribution in [0.15, 0.2) is 0 Å². The second-order valence-corrected chi connectivity index (χ2v) is 3.67. The Kier molecular flexibility index (Phi) is 3.46. The van der Waals surface area contributed by atoms with Crippen LogP contribution < -0.4 is 5.32 Å². The Hall–Kier alpha value is -1.10. The molecule has 1 aliphatic rings. The summed E-state index contributed by atoms with van der Waals surface area (Å²) >= 11 is 0. The average molecular weight is 201 g/mol. The molecule has 0 spiro atoms. The normalized spacial score (nSPS) is 20.1. The summed E-state index contributed by atoms with van der Waals surface area (Å²) in [6, 6.07) is 0. The van der Waals surface area contributed by atoms with Gasteiger partial charge < -0.3 is 15.5 Å². The third-order valence-electron chi connectivity index (χ3n) is 2.50. The van der Waals surface area contributed by atoms with Crippen LogP contribution in [0.4, 0.5) is 0 Å². The van der Waals surface area contributed by atoms with Crippen LogP contribution in [-0.2, 0) is 9.59 Å². The number of carboxylic acid groups (broad SMARTS) is 1. The van der Waals surface area contributed by atoms with Crippen LogP contribution >= 0.6 is 0 Å². The quantitative estimate of drug-likeness (QED) is 0.594. The number of carbonyl (C=O) groups excluding carboxylic acids is 1. The fourth-order valence-electron chi connectivity index (χ4n) is 1.68. The number of hydrogen-bond donors (Lipinski definition) is 3. The zero-order valence-electron chi connectivity index (χ0n) is 7.95. The smallest absolute Gasteiger partial charge is 0.322 e. The van der Waals surface area contributed by atoms with E-state index >= 15 is 0 Å². The van der Waals surface area contributed by atoms with Crippen molar-refractivity contribution in [2.24, 2.45) is 0 Å². The molecule has 1 aliphatic carbocycles. The highest BCUT2D eigenvalue weighted by atomic mass is 16.4. The van der Waals surface area contributed by atoms with E-state index in [1.165, 1.54) is 0 Å². The summed E-state index contributed by atoms with van der Waals surface area (Å²) in [6.07, 6.45) is 3.51. The van der Waals surface area contributed by atoms with Gasteiger partial charge in [0.2, 0.25) is 0 Å². The fraction of sp³-hybridized carbons (Fsp3) is 0.778. The van der Waals surface area contributed by atoms with Crippen LogP contribution in [0.25, 0.3) is 0 Å². The van der Waals surface area contributed by atoms with E-state index in [9.17, 15) is 14.7 Å². The maximum atomic E-state index is 11.4. The summed E-state index contributed by atoms with van der Waals surface area (Å²) in [5, 5.41) is 20.4. The third-order valence-corrected chi connectivity index (χ3v) is 2.50. The Labute approximate surface area is 82.1 Å². The van der Waals surface area contributed by atoms with Crippen LogP contribution in [0.1, 0.15) is 32.1 Å². The number of hydrogen-bond acceptors (Lipinski definition) is 3. The molecule has 5 heteroatoms. The molecule has 80 valence electrons. The molecule has 1 rings (SSSR count). The number of amides is 1. The SMILES string of the molecule is O=C(O)CNC(=O)C1(O)CCCCC1. The number of aliphatic hydroxyl groups is 1. The zero-order valence-corrected chi connectivity index (χ0v) is 7.95. The number of carbonyl (C=O) groups is 2. The molecule has 1 amide bonds. The molecule has 0 aromatic heterocycles. The molecule has 0 radical (unpaired) electrons. The summed E-state index contributed by atoms with van der Waals surface area (Å²) in [5.74, 6) is -1.66. The number of carboxylic acids is 1. The Morgan fingerprint density at radius 2 is 1.79 bits per heavy atom. The average Bonchev–Trinajstić information content (AvgIpc) is 2.15. The summed E-state index contributed by atoms with van der Waals surface area (Å²) in [4.78, 5) is 21.6. The lowest BCUT2D eigenvalue weighted by Crippen LogP contribution is -2.49. The summed E-state index contributed by atoms with van der Waals surface area (Å²) < 4.78 is 0. The molecule has 0 aromatic carbocycles. The Morgan fingerprint density at radius 1 is 1.21 bits per heavy atom. The predicted octanol–water partition coefficient (Wildman–Crippen LogP) is -0.118. The third kappa shape index (κ3) is 2.70. The van der Waals surface area contributed by atoms with Gasteiger partial charge in [-0.3, -0.25) is 9.59 Å². The van der Waals surface area contributed by atoms with E-state index in [1.807, 2.05) is 0 Å². The van der Waals surface area contributed by atoms with E-state index in [4.69, 9.17) is 5.11 Å². The van der Waals surface area contributed by atoms with E-state index in [1.54, 1.807) is 0 Å².